The molecule has 1 spiro atoms. The Morgan fingerprint density at radius 2 is 1.93 bits per heavy atom. The Morgan fingerprint density at radius 3 is 2.55 bits per heavy atom. The molecule has 212 valence electrons. The number of nitrogens with one attached hydrogen (secondary N) is 1. The van der Waals surface area contributed by atoms with Gasteiger partial charge >= 0.3 is 0 Å². The Hall–Kier alpha value is -3.50. The molecule has 0 bridgehead atoms. The van der Waals surface area contributed by atoms with Crippen LogP contribution < -0.4 is 14.4 Å². The van der Waals surface area contributed by atoms with Crippen molar-refractivity contribution in [1.29, 1.82) is 0 Å². The number of aromatic nitrogens is 1. The van der Waals surface area contributed by atoms with E-state index in [0.717, 1.165) is 59.8 Å². The largest absolute Gasteiger partial charge is 0.491 e. The van der Waals surface area contributed by atoms with Gasteiger partial charge < -0.3 is 14.5 Å². The highest BCUT2D eigenvalue weighted by Gasteiger charge is 2.54. The molecule has 1 aromatic heterocycles. The molecule has 10 heteroatoms. The first-order valence-corrected chi connectivity index (χ1v) is 15.5. The summed E-state index contributed by atoms with van der Waals surface area (Å²) >= 11 is 0. The maximum absolute atomic E-state index is 13.3. The van der Waals surface area contributed by atoms with Gasteiger partial charge in [0.05, 0.1) is 46.9 Å². The maximum Gasteiger partial charge on any atom is 0.237 e. The van der Waals surface area contributed by atoms with Gasteiger partial charge in [-0.2, -0.15) is 0 Å². The van der Waals surface area contributed by atoms with Gasteiger partial charge in [-0.15, -0.1) is 0 Å². The second-order valence-electron chi connectivity index (χ2n) is 11.1. The first-order valence-electron chi connectivity index (χ1n) is 13.6. The summed E-state index contributed by atoms with van der Waals surface area (Å²) in [7, 11) is 2.07. The molecule has 1 amide bonds. The fourth-order valence-electron chi connectivity index (χ4n) is 5.83. The molecule has 1 saturated carbocycles. The number of fused-ring (bicyclic) bond motifs is 4. The number of anilines is 2. The third kappa shape index (κ3) is 4.94. The molecule has 2 aromatic carbocycles. The summed E-state index contributed by atoms with van der Waals surface area (Å²) in [6, 6.07) is 9.31. The van der Waals surface area contributed by atoms with Crippen molar-refractivity contribution in [1.82, 2.24) is 9.88 Å². The molecular formula is C30H36N4O5S. The summed E-state index contributed by atoms with van der Waals surface area (Å²) in [6.07, 6.45) is 6.42. The minimum absolute atomic E-state index is 0.111. The number of pyridine rings is 1. The summed E-state index contributed by atoms with van der Waals surface area (Å²) in [5, 5.41) is 0.900. The lowest BCUT2D eigenvalue weighted by molar-refractivity contribution is -0.125. The SMILES string of the molecule is CCC(=O)c1cc(-c2ccc3ncc4c(c3c2)C2(CCC2)C(=O)N4C)cc(NS(C)(=O)=O)c1OCCCN(C)C. The highest BCUT2D eigenvalue weighted by atomic mass is 32.2. The predicted molar refractivity (Wildman–Crippen MR) is 158 cm³/mol. The van der Waals surface area contributed by atoms with E-state index in [1.807, 2.05) is 37.2 Å². The predicted octanol–water partition coefficient (Wildman–Crippen LogP) is 4.59. The van der Waals surface area contributed by atoms with E-state index in [2.05, 4.69) is 9.71 Å². The number of amides is 1. The zero-order valence-corrected chi connectivity index (χ0v) is 24.5. The average Bonchev–Trinajstić information content (AvgIpc) is 3.12. The number of hydrogen-bond acceptors (Lipinski definition) is 7. The summed E-state index contributed by atoms with van der Waals surface area (Å²) in [6.45, 7) is 2.89. The second-order valence-corrected chi connectivity index (χ2v) is 12.9. The first-order chi connectivity index (χ1) is 18.9. The van der Waals surface area contributed by atoms with Crippen LogP contribution in [0.15, 0.2) is 36.5 Å². The van der Waals surface area contributed by atoms with Crippen LogP contribution in [0.3, 0.4) is 0 Å². The fourth-order valence-corrected chi connectivity index (χ4v) is 6.38. The molecule has 1 N–H and O–H groups in total. The van der Waals surface area contributed by atoms with Crippen molar-refractivity contribution in [3.05, 3.63) is 47.7 Å². The molecule has 0 unspecified atom stereocenters. The number of nitrogens with zero attached hydrogens (tertiary/aromatic N) is 3. The fraction of sp³-hybridized carbons (Fsp3) is 0.433. The van der Waals surface area contributed by atoms with E-state index in [1.54, 1.807) is 37.2 Å². The van der Waals surface area contributed by atoms with Crippen molar-refractivity contribution in [3.8, 4) is 16.9 Å². The van der Waals surface area contributed by atoms with Gasteiger partial charge in [0.2, 0.25) is 15.9 Å². The average molecular weight is 565 g/mol. The van der Waals surface area contributed by atoms with Crippen molar-refractivity contribution in [3.63, 3.8) is 0 Å². The van der Waals surface area contributed by atoms with Gasteiger partial charge in [-0.05, 0) is 68.8 Å². The normalized spacial score (nSPS) is 15.9. The summed E-state index contributed by atoms with van der Waals surface area (Å²) in [5.41, 5.74) is 4.14. The minimum Gasteiger partial charge on any atom is -0.491 e. The zero-order chi connectivity index (χ0) is 28.8. The number of ketones is 1. The Balaban J connectivity index is 1.66. The number of likely N-dealkylation sites (N-methyl/N-ethyl adjacent to an activating group) is 1. The smallest absolute Gasteiger partial charge is 0.237 e. The lowest BCUT2D eigenvalue weighted by Gasteiger charge is -2.37. The van der Waals surface area contributed by atoms with Crippen LogP contribution >= 0.6 is 0 Å². The van der Waals surface area contributed by atoms with Crippen LogP contribution in [-0.4, -0.2) is 70.5 Å². The van der Waals surface area contributed by atoms with Crippen LogP contribution in [0.4, 0.5) is 11.4 Å². The number of carbonyl (C=O) groups excluding carboxylic acids is 2. The summed E-state index contributed by atoms with van der Waals surface area (Å²) in [5.74, 6) is 0.202. The van der Waals surface area contributed by atoms with Crippen molar-refractivity contribution >= 4 is 44.0 Å². The van der Waals surface area contributed by atoms with E-state index < -0.39 is 15.4 Å². The van der Waals surface area contributed by atoms with Crippen molar-refractivity contribution in [2.75, 3.05) is 50.2 Å². The van der Waals surface area contributed by atoms with E-state index in [0.29, 0.717) is 24.2 Å². The topological polar surface area (TPSA) is 109 Å². The van der Waals surface area contributed by atoms with Gasteiger partial charge in [0, 0.05) is 31.0 Å². The highest BCUT2D eigenvalue weighted by molar-refractivity contribution is 7.92. The highest BCUT2D eigenvalue weighted by Crippen LogP contribution is 2.55. The third-order valence-electron chi connectivity index (χ3n) is 7.94. The van der Waals surface area contributed by atoms with Crippen LogP contribution in [0.5, 0.6) is 5.75 Å². The molecular weight excluding hydrogens is 528 g/mol. The number of carbonyl (C=O) groups is 2. The van der Waals surface area contributed by atoms with Crippen LogP contribution in [0, 0.1) is 0 Å². The van der Waals surface area contributed by atoms with Gasteiger partial charge in [-0.3, -0.25) is 19.3 Å². The molecule has 9 nitrogen and oxygen atoms in total. The molecule has 40 heavy (non-hydrogen) atoms. The van der Waals surface area contributed by atoms with Crippen molar-refractivity contribution in [2.45, 2.75) is 44.4 Å². The van der Waals surface area contributed by atoms with Crippen LogP contribution in [0.1, 0.15) is 54.9 Å². The molecule has 0 saturated heterocycles. The number of hydrogen-bond donors (Lipinski definition) is 1. The quantitative estimate of drug-likeness (QED) is 0.283. The van der Waals surface area contributed by atoms with Gasteiger partial charge in [-0.1, -0.05) is 19.4 Å². The van der Waals surface area contributed by atoms with E-state index in [9.17, 15) is 18.0 Å². The van der Waals surface area contributed by atoms with Crippen molar-refractivity contribution < 1.29 is 22.7 Å². The van der Waals surface area contributed by atoms with Gasteiger partial charge in [0.25, 0.3) is 0 Å². The minimum atomic E-state index is -3.66. The molecule has 1 aliphatic heterocycles. The Bertz CT molecular complexity index is 1610. The van der Waals surface area contributed by atoms with Crippen LogP contribution in [0.25, 0.3) is 22.0 Å². The lowest BCUT2D eigenvalue weighted by Crippen LogP contribution is -2.43. The van der Waals surface area contributed by atoms with E-state index in [-0.39, 0.29) is 29.5 Å². The van der Waals surface area contributed by atoms with Gasteiger partial charge in [-0.25, -0.2) is 8.42 Å². The van der Waals surface area contributed by atoms with Crippen LogP contribution in [0.2, 0.25) is 0 Å². The molecule has 3 aromatic rings. The molecule has 5 rings (SSSR count). The summed E-state index contributed by atoms with van der Waals surface area (Å²) in [4.78, 5) is 34.8. The molecule has 2 aliphatic rings. The number of rotatable bonds is 10. The Kier molecular flexibility index (Phi) is 7.35. The number of Topliss-reactive ketones (excluding diaryl/α,β-unsaturated/α-hetero) is 1. The van der Waals surface area contributed by atoms with Gasteiger partial charge in [0.1, 0.15) is 0 Å². The van der Waals surface area contributed by atoms with E-state index >= 15 is 0 Å². The molecule has 1 fully saturated rings. The number of benzene rings is 2. The maximum atomic E-state index is 13.3. The third-order valence-corrected chi connectivity index (χ3v) is 8.53. The Morgan fingerprint density at radius 1 is 1.18 bits per heavy atom. The number of sulfonamides is 1. The van der Waals surface area contributed by atoms with E-state index in [1.165, 1.54) is 0 Å². The standard InChI is InChI=1S/C30H36N4O5S/c1-6-26(35)22-16-20(17-24(32-40(5,37)38)28(22)39-14-8-13-33(2)3)19-9-10-23-21(15-19)27-25(18-31-23)34(4)29(36)30(27)11-7-12-30/h9-10,15-18,32H,6-8,11-14H2,1-5H3. The van der Waals surface area contributed by atoms with Crippen molar-refractivity contribution in [2.24, 2.45) is 0 Å². The molecule has 1 aliphatic carbocycles. The van der Waals surface area contributed by atoms with Gasteiger partial charge in [0.15, 0.2) is 11.5 Å². The Labute approximate surface area is 235 Å². The number of ether oxygens (including phenoxy) is 1. The summed E-state index contributed by atoms with van der Waals surface area (Å²) < 4.78 is 33.3. The second kappa shape index (κ2) is 10.5. The lowest BCUT2D eigenvalue weighted by atomic mass is 9.64. The molecule has 0 radical (unpaired) electrons. The van der Waals surface area contributed by atoms with E-state index in [4.69, 9.17) is 4.74 Å². The first kappa shape index (κ1) is 28.0. The monoisotopic (exact) mass is 564 g/mol. The molecule has 0 atom stereocenters. The zero-order valence-electron chi connectivity index (χ0n) is 23.7. The molecule has 2 heterocycles. The van der Waals surface area contributed by atoms with Crippen LogP contribution in [-0.2, 0) is 20.2 Å².